The van der Waals surface area contributed by atoms with E-state index in [1.54, 1.807) is 32.9 Å². The molecule has 7 rings (SSSR count). The number of thioether (sulfide) groups is 1. The molecule has 4 N–H and O–H groups in total. The minimum atomic E-state index is -1.33. The number of primary amides is 1. The van der Waals surface area contributed by atoms with Crippen LogP contribution in [0.2, 0.25) is 0 Å². The van der Waals surface area contributed by atoms with Crippen molar-refractivity contribution in [3.63, 3.8) is 0 Å². The Balaban J connectivity index is 1.23. The standard InChI is InChI=1S/C43H40N4O7S/c1-42(2,3)54-41(53)45-34-38(50)47-35(40(51)52)27(25-55-39(34)47)23-26-21-22-46(37(26)49)33-20-19-31(24-32(33)36(44)48)43(28-13-7-4-8-14-28,29-15-9-5-10-16-29)30-17-11-6-12-18-30/h4-20,23-24,34,39H,21-22,25H2,1-3H3,(H2,44,48)(H,45,53)(H,51,52)/b26-23+/t34-,39-/m1/s1. The van der Waals surface area contributed by atoms with Crippen LogP contribution in [0.25, 0.3) is 0 Å². The van der Waals surface area contributed by atoms with Gasteiger partial charge in [0.2, 0.25) is 0 Å². The zero-order chi connectivity index (χ0) is 39.1. The van der Waals surface area contributed by atoms with Gasteiger partial charge in [0.25, 0.3) is 17.7 Å². The van der Waals surface area contributed by atoms with Crippen LogP contribution < -0.4 is 16.0 Å². The molecule has 0 aromatic heterocycles. The SMILES string of the molecule is CC(C)(C)OC(=O)N[C@@H]1C(=O)N2C(C(=O)O)=C(/C=C3\CCN(c4ccc(C(c5ccccc5)(c5ccccc5)c5ccccc5)cc4C(N)=O)C3=O)CS[C@H]12. The molecule has 3 aliphatic heterocycles. The third-order valence-electron chi connectivity index (χ3n) is 9.95. The second-order valence-electron chi connectivity index (χ2n) is 14.5. The van der Waals surface area contributed by atoms with Crippen LogP contribution in [0.3, 0.4) is 0 Å². The van der Waals surface area contributed by atoms with E-state index < -0.39 is 52.2 Å². The highest BCUT2D eigenvalue weighted by Crippen LogP contribution is 2.47. The van der Waals surface area contributed by atoms with Gasteiger partial charge >= 0.3 is 12.1 Å². The molecule has 3 heterocycles. The van der Waals surface area contributed by atoms with Gasteiger partial charge < -0.3 is 25.8 Å². The lowest BCUT2D eigenvalue weighted by Gasteiger charge is -2.49. The molecule has 4 amide bonds. The average molecular weight is 757 g/mol. The van der Waals surface area contributed by atoms with Gasteiger partial charge in [-0.1, -0.05) is 97.1 Å². The maximum absolute atomic E-state index is 14.1. The Labute approximate surface area is 322 Å². The zero-order valence-electron chi connectivity index (χ0n) is 30.5. The summed E-state index contributed by atoms with van der Waals surface area (Å²) < 4.78 is 5.28. The summed E-state index contributed by atoms with van der Waals surface area (Å²) in [5.74, 6) is -2.84. The molecular weight excluding hydrogens is 717 g/mol. The number of carboxylic acids is 1. The van der Waals surface area contributed by atoms with Gasteiger partial charge in [-0.25, -0.2) is 9.59 Å². The molecule has 0 unspecified atom stereocenters. The highest BCUT2D eigenvalue weighted by atomic mass is 32.2. The summed E-state index contributed by atoms with van der Waals surface area (Å²) in [5, 5.41) is 12.1. The number of hydrogen-bond donors (Lipinski definition) is 3. The van der Waals surface area contributed by atoms with Gasteiger partial charge in [0.05, 0.1) is 16.7 Å². The van der Waals surface area contributed by atoms with Crippen molar-refractivity contribution >= 4 is 47.2 Å². The number of carboxylic acid groups (broad SMARTS) is 1. The smallest absolute Gasteiger partial charge is 0.408 e. The van der Waals surface area contributed by atoms with E-state index in [9.17, 15) is 29.1 Å². The normalized spacial score (nSPS) is 19.2. The fourth-order valence-electron chi connectivity index (χ4n) is 7.64. The molecule has 0 aliphatic carbocycles. The largest absolute Gasteiger partial charge is 0.477 e. The summed E-state index contributed by atoms with van der Waals surface area (Å²) in [6, 6.07) is 34.5. The Morgan fingerprint density at radius 1 is 0.855 bits per heavy atom. The molecule has 4 aromatic rings. The number of carbonyl (C=O) groups is 5. The summed E-state index contributed by atoms with van der Waals surface area (Å²) >= 11 is 1.28. The first-order valence-electron chi connectivity index (χ1n) is 17.8. The fraction of sp³-hybridized carbons (Fsp3) is 0.233. The van der Waals surface area contributed by atoms with Crippen molar-refractivity contribution in [1.29, 1.82) is 0 Å². The number of ether oxygens (including phenoxy) is 1. The van der Waals surface area contributed by atoms with Gasteiger partial charge in [0.1, 0.15) is 22.7 Å². The Hall–Kier alpha value is -6.14. The predicted molar refractivity (Wildman–Crippen MR) is 209 cm³/mol. The summed E-state index contributed by atoms with van der Waals surface area (Å²) in [6.45, 7) is 5.32. The molecule has 0 spiro atoms. The maximum Gasteiger partial charge on any atom is 0.408 e. The molecule has 0 bridgehead atoms. The summed E-state index contributed by atoms with van der Waals surface area (Å²) in [5.41, 5.74) is 9.03. The number of rotatable bonds is 9. The molecule has 2 atom stereocenters. The van der Waals surface area contributed by atoms with Crippen molar-refractivity contribution in [2.75, 3.05) is 17.2 Å². The molecule has 11 nitrogen and oxygen atoms in total. The Morgan fingerprint density at radius 3 is 1.93 bits per heavy atom. The molecular formula is C43H40N4O7S. The molecule has 0 saturated carbocycles. The maximum atomic E-state index is 14.1. The first-order valence-corrected chi connectivity index (χ1v) is 18.9. The van der Waals surface area contributed by atoms with E-state index in [0.29, 0.717) is 16.8 Å². The summed E-state index contributed by atoms with van der Waals surface area (Å²) in [4.78, 5) is 68.1. The lowest BCUT2D eigenvalue weighted by atomic mass is 9.65. The molecule has 3 aliphatic rings. The number of alkyl carbamates (subject to hydrolysis) is 1. The van der Waals surface area contributed by atoms with Crippen molar-refractivity contribution in [2.45, 2.75) is 49.6 Å². The van der Waals surface area contributed by atoms with Crippen molar-refractivity contribution in [2.24, 2.45) is 5.73 Å². The zero-order valence-corrected chi connectivity index (χ0v) is 31.3. The number of nitrogens with one attached hydrogen (secondary N) is 1. The number of aliphatic carboxylic acids is 1. The van der Waals surface area contributed by atoms with Crippen molar-refractivity contribution in [3.8, 4) is 0 Å². The van der Waals surface area contributed by atoms with E-state index in [4.69, 9.17) is 10.5 Å². The third kappa shape index (κ3) is 6.78. The molecule has 2 fully saturated rings. The first kappa shape index (κ1) is 37.2. The predicted octanol–water partition coefficient (Wildman–Crippen LogP) is 5.98. The number of allylic oxidation sites excluding steroid dienone is 1. The number of benzene rings is 4. The van der Waals surface area contributed by atoms with E-state index in [1.165, 1.54) is 22.7 Å². The Bertz CT molecular complexity index is 2150. The van der Waals surface area contributed by atoms with Crippen LogP contribution in [-0.4, -0.2) is 69.1 Å². The van der Waals surface area contributed by atoms with Crippen molar-refractivity contribution in [1.82, 2.24) is 10.2 Å². The molecule has 2 saturated heterocycles. The number of β-lactam (4-membered cyclic amide) rings is 1. The quantitative estimate of drug-likeness (QED) is 0.107. The lowest BCUT2D eigenvalue weighted by molar-refractivity contribution is -0.149. The topological polar surface area (TPSA) is 159 Å². The minimum absolute atomic E-state index is 0.162. The molecule has 55 heavy (non-hydrogen) atoms. The summed E-state index contributed by atoms with van der Waals surface area (Å²) in [7, 11) is 0. The van der Waals surface area contributed by atoms with E-state index in [2.05, 4.69) is 41.7 Å². The van der Waals surface area contributed by atoms with E-state index in [1.807, 2.05) is 60.7 Å². The van der Waals surface area contributed by atoms with Gasteiger partial charge in [0.15, 0.2) is 0 Å². The fourth-order valence-corrected chi connectivity index (χ4v) is 8.95. The van der Waals surface area contributed by atoms with Gasteiger partial charge in [-0.2, -0.15) is 0 Å². The molecule has 4 aromatic carbocycles. The van der Waals surface area contributed by atoms with Gasteiger partial charge in [-0.15, -0.1) is 11.8 Å². The van der Waals surface area contributed by atoms with Gasteiger partial charge in [-0.05, 0) is 73.2 Å². The first-order chi connectivity index (χ1) is 26.3. The lowest BCUT2D eigenvalue weighted by Crippen LogP contribution is -2.70. The van der Waals surface area contributed by atoms with Crippen molar-refractivity contribution < 1.29 is 33.8 Å². The van der Waals surface area contributed by atoms with Crippen LogP contribution in [0.4, 0.5) is 10.5 Å². The van der Waals surface area contributed by atoms with Crippen LogP contribution in [-0.2, 0) is 24.5 Å². The number of anilines is 1. The number of hydrogen-bond acceptors (Lipinski definition) is 7. The van der Waals surface area contributed by atoms with E-state index >= 15 is 0 Å². The van der Waals surface area contributed by atoms with Crippen LogP contribution in [0.5, 0.6) is 0 Å². The summed E-state index contributed by atoms with van der Waals surface area (Å²) in [6.07, 6.45) is 1.02. The van der Waals surface area contributed by atoms with E-state index in [0.717, 1.165) is 27.2 Å². The Morgan fingerprint density at radius 2 is 1.42 bits per heavy atom. The number of carbonyl (C=O) groups excluding carboxylic acids is 4. The van der Waals surface area contributed by atoms with E-state index in [-0.39, 0.29) is 30.0 Å². The molecule has 280 valence electrons. The van der Waals surface area contributed by atoms with Crippen LogP contribution in [0.1, 0.15) is 59.8 Å². The molecule has 0 radical (unpaired) electrons. The minimum Gasteiger partial charge on any atom is -0.477 e. The van der Waals surface area contributed by atoms with Gasteiger partial charge in [0, 0.05) is 17.9 Å². The number of nitrogens with zero attached hydrogens (tertiary/aromatic N) is 2. The van der Waals surface area contributed by atoms with Crippen LogP contribution >= 0.6 is 11.8 Å². The van der Waals surface area contributed by atoms with Crippen molar-refractivity contribution in [3.05, 3.63) is 160 Å². The molecule has 12 heteroatoms. The highest BCUT2D eigenvalue weighted by Gasteiger charge is 2.54. The average Bonchev–Trinajstić information content (AvgIpc) is 3.53. The highest BCUT2D eigenvalue weighted by molar-refractivity contribution is 8.00. The monoisotopic (exact) mass is 756 g/mol. The van der Waals surface area contributed by atoms with Crippen LogP contribution in [0, 0.1) is 0 Å². The number of fused-ring (bicyclic) bond motifs is 1. The number of amides is 4. The second kappa shape index (κ2) is 14.6. The second-order valence-corrected chi connectivity index (χ2v) is 15.6. The van der Waals surface area contributed by atoms with Crippen LogP contribution in [0.15, 0.2) is 132 Å². The number of nitrogens with two attached hydrogens (primary N) is 1. The third-order valence-corrected chi connectivity index (χ3v) is 11.3. The Kier molecular flexibility index (Phi) is 9.87. The van der Waals surface area contributed by atoms with Gasteiger partial charge in [-0.3, -0.25) is 19.3 Å².